The summed E-state index contributed by atoms with van der Waals surface area (Å²) in [6, 6.07) is 4.18. The van der Waals surface area contributed by atoms with Gasteiger partial charge in [0, 0.05) is 13.0 Å². The molecule has 0 saturated carbocycles. The van der Waals surface area contributed by atoms with Crippen LogP contribution in [-0.4, -0.2) is 27.5 Å². The highest BCUT2D eigenvalue weighted by molar-refractivity contribution is 7.89. The van der Waals surface area contributed by atoms with Crippen molar-refractivity contribution in [3.63, 3.8) is 0 Å². The number of carbonyl (C=O) groups is 1. The van der Waals surface area contributed by atoms with E-state index in [2.05, 4.69) is 5.32 Å². The highest BCUT2D eigenvalue weighted by Crippen LogP contribution is 2.22. The highest BCUT2D eigenvalue weighted by atomic mass is 32.2. The van der Waals surface area contributed by atoms with E-state index in [-0.39, 0.29) is 17.3 Å². The lowest BCUT2D eigenvalue weighted by Gasteiger charge is -2.10. The fourth-order valence-corrected chi connectivity index (χ4v) is 2.09. The van der Waals surface area contributed by atoms with Crippen LogP contribution in [0.3, 0.4) is 0 Å². The molecule has 1 aromatic carbocycles. The summed E-state index contributed by atoms with van der Waals surface area (Å²) in [6.07, 6.45) is 0.841. The Bertz CT molecular complexity index is 572. The minimum Gasteiger partial charge on any atom is -0.466 e. The zero-order valence-electron chi connectivity index (χ0n) is 11.3. The number of nitrogen functional groups attached to an aromatic ring is 1. The van der Waals surface area contributed by atoms with Gasteiger partial charge in [0.25, 0.3) is 0 Å². The number of primary sulfonamides is 1. The Morgan fingerprint density at radius 1 is 1.40 bits per heavy atom. The monoisotopic (exact) mass is 301 g/mol. The molecule has 0 radical (unpaired) electrons. The SMILES string of the molecule is CCOC(=O)CCCNc1cc(S(N)(=O)=O)ccc1N. The molecule has 7 nitrogen and oxygen atoms in total. The number of ether oxygens (including phenoxy) is 1. The van der Waals surface area contributed by atoms with Gasteiger partial charge in [0.1, 0.15) is 0 Å². The average Bonchev–Trinajstić information content (AvgIpc) is 2.35. The quantitative estimate of drug-likeness (QED) is 0.386. The molecule has 5 N–H and O–H groups in total. The molecular weight excluding hydrogens is 282 g/mol. The van der Waals surface area contributed by atoms with Crippen LogP contribution in [0.15, 0.2) is 23.1 Å². The summed E-state index contributed by atoms with van der Waals surface area (Å²) in [7, 11) is -3.76. The van der Waals surface area contributed by atoms with E-state index in [1.807, 2.05) is 0 Å². The number of rotatable bonds is 7. The summed E-state index contributed by atoms with van der Waals surface area (Å²) < 4.78 is 27.3. The van der Waals surface area contributed by atoms with Crippen molar-refractivity contribution in [3.05, 3.63) is 18.2 Å². The lowest BCUT2D eigenvalue weighted by atomic mass is 10.2. The minimum absolute atomic E-state index is 0.0143. The van der Waals surface area contributed by atoms with Gasteiger partial charge in [-0.05, 0) is 31.5 Å². The van der Waals surface area contributed by atoms with E-state index in [0.29, 0.717) is 30.9 Å². The predicted molar refractivity (Wildman–Crippen MR) is 76.6 cm³/mol. The molecule has 0 bridgehead atoms. The van der Waals surface area contributed by atoms with Crippen LogP contribution in [0.2, 0.25) is 0 Å². The van der Waals surface area contributed by atoms with Crippen LogP contribution in [0.5, 0.6) is 0 Å². The molecule has 0 saturated heterocycles. The van der Waals surface area contributed by atoms with Gasteiger partial charge in [0.2, 0.25) is 10.0 Å². The molecule has 0 aliphatic rings. The molecule has 0 heterocycles. The van der Waals surface area contributed by atoms with Crippen LogP contribution >= 0.6 is 0 Å². The number of sulfonamides is 1. The van der Waals surface area contributed by atoms with Gasteiger partial charge in [-0.3, -0.25) is 4.79 Å². The molecule has 8 heteroatoms. The fraction of sp³-hybridized carbons (Fsp3) is 0.417. The Morgan fingerprint density at radius 2 is 2.10 bits per heavy atom. The Labute approximate surface area is 118 Å². The molecule has 0 aromatic heterocycles. The highest BCUT2D eigenvalue weighted by Gasteiger charge is 2.10. The molecule has 1 rings (SSSR count). The first kappa shape index (κ1) is 16.3. The molecule has 0 fully saturated rings. The number of hydrogen-bond acceptors (Lipinski definition) is 6. The number of carbonyl (C=O) groups excluding carboxylic acids is 1. The van der Waals surface area contributed by atoms with Crippen molar-refractivity contribution in [1.29, 1.82) is 0 Å². The van der Waals surface area contributed by atoms with E-state index in [0.717, 1.165) is 0 Å². The second kappa shape index (κ2) is 7.11. The van der Waals surface area contributed by atoms with Crippen LogP contribution in [-0.2, 0) is 19.6 Å². The van der Waals surface area contributed by atoms with Gasteiger partial charge < -0.3 is 15.8 Å². The second-order valence-electron chi connectivity index (χ2n) is 4.13. The van der Waals surface area contributed by atoms with Crippen molar-refractivity contribution in [2.75, 3.05) is 24.2 Å². The zero-order valence-corrected chi connectivity index (χ0v) is 12.1. The number of nitrogens with two attached hydrogens (primary N) is 2. The molecular formula is C12H19N3O4S. The van der Waals surface area contributed by atoms with Crippen molar-refractivity contribution < 1.29 is 17.9 Å². The van der Waals surface area contributed by atoms with Crippen molar-refractivity contribution >= 4 is 27.4 Å². The first-order valence-electron chi connectivity index (χ1n) is 6.16. The van der Waals surface area contributed by atoms with Gasteiger partial charge in [-0.25, -0.2) is 13.6 Å². The standard InChI is InChI=1S/C12H19N3O4S/c1-2-19-12(16)4-3-7-15-11-8-9(20(14,17)18)5-6-10(11)13/h5-6,8,15H,2-4,7,13H2,1H3,(H2,14,17,18). The third-order valence-corrected chi connectivity index (χ3v) is 3.44. The van der Waals surface area contributed by atoms with Gasteiger partial charge in [0.05, 0.1) is 22.9 Å². The van der Waals surface area contributed by atoms with E-state index in [9.17, 15) is 13.2 Å². The Balaban J connectivity index is 2.58. The predicted octanol–water partition coefficient (Wildman–Crippen LogP) is 0.671. The smallest absolute Gasteiger partial charge is 0.305 e. The van der Waals surface area contributed by atoms with Gasteiger partial charge in [0.15, 0.2) is 0 Å². The van der Waals surface area contributed by atoms with Gasteiger partial charge in [-0.15, -0.1) is 0 Å². The topological polar surface area (TPSA) is 125 Å². The van der Waals surface area contributed by atoms with Crippen molar-refractivity contribution in [3.8, 4) is 0 Å². The van der Waals surface area contributed by atoms with Crippen LogP contribution in [0.25, 0.3) is 0 Å². The average molecular weight is 301 g/mol. The normalized spacial score (nSPS) is 11.1. The Morgan fingerprint density at radius 3 is 2.70 bits per heavy atom. The molecule has 0 amide bonds. The van der Waals surface area contributed by atoms with Crippen LogP contribution < -0.4 is 16.2 Å². The number of benzene rings is 1. The summed E-state index contributed by atoms with van der Waals surface area (Å²) in [4.78, 5) is 11.1. The van der Waals surface area contributed by atoms with E-state index >= 15 is 0 Å². The van der Waals surface area contributed by atoms with Crippen LogP contribution in [0.4, 0.5) is 11.4 Å². The van der Waals surface area contributed by atoms with Crippen molar-refractivity contribution in [2.45, 2.75) is 24.7 Å². The lowest BCUT2D eigenvalue weighted by molar-refractivity contribution is -0.143. The number of nitrogens with one attached hydrogen (secondary N) is 1. The first-order chi connectivity index (χ1) is 9.34. The largest absolute Gasteiger partial charge is 0.466 e. The zero-order chi connectivity index (χ0) is 15.2. The van der Waals surface area contributed by atoms with Crippen LogP contribution in [0.1, 0.15) is 19.8 Å². The Kier molecular flexibility index (Phi) is 5.78. The van der Waals surface area contributed by atoms with Gasteiger partial charge >= 0.3 is 5.97 Å². The number of esters is 1. The summed E-state index contributed by atoms with van der Waals surface area (Å²) in [5.41, 5.74) is 6.62. The van der Waals surface area contributed by atoms with E-state index in [4.69, 9.17) is 15.6 Å². The maximum atomic E-state index is 11.2. The minimum atomic E-state index is -3.76. The maximum absolute atomic E-state index is 11.2. The summed E-state index contributed by atoms with van der Waals surface area (Å²) in [6.45, 7) is 2.57. The molecule has 0 spiro atoms. The van der Waals surface area contributed by atoms with Gasteiger partial charge in [-0.2, -0.15) is 0 Å². The third kappa shape index (κ3) is 5.06. The fourth-order valence-electron chi connectivity index (χ4n) is 1.55. The summed E-state index contributed by atoms with van der Waals surface area (Å²) in [5, 5.41) is 8.02. The second-order valence-corrected chi connectivity index (χ2v) is 5.69. The molecule has 20 heavy (non-hydrogen) atoms. The molecule has 0 unspecified atom stereocenters. The third-order valence-electron chi connectivity index (χ3n) is 2.53. The number of hydrogen-bond donors (Lipinski definition) is 3. The maximum Gasteiger partial charge on any atom is 0.305 e. The van der Waals surface area contributed by atoms with Gasteiger partial charge in [-0.1, -0.05) is 0 Å². The van der Waals surface area contributed by atoms with E-state index < -0.39 is 10.0 Å². The number of anilines is 2. The van der Waals surface area contributed by atoms with E-state index in [1.165, 1.54) is 18.2 Å². The molecule has 0 aliphatic heterocycles. The molecule has 0 atom stereocenters. The molecule has 112 valence electrons. The molecule has 1 aromatic rings. The molecule has 0 aliphatic carbocycles. The van der Waals surface area contributed by atoms with Crippen molar-refractivity contribution in [1.82, 2.24) is 0 Å². The summed E-state index contributed by atoms with van der Waals surface area (Å²) in [5.74, 6) is -0.263. The van der Waals surface area contributed by atoms with Crippen LogP contribution in [0, 0.1) is 0 Å². The van der Waals surface area contributed by atoms with Crippen molar-refractivity contribution in [2.24, 2.45) is 5.14 Å². The first-order valence-corrected chi connectivity index (χ1v) is 7.71. The van der Waals surface area contributed by atoms with E-state index in [1.54, 1.807) is 6.92 Å². The Hall–Kier alpha value is -1.80. The summed E-state index contributed by atoms with van der Waals surface area (Å²) >= 11 is 0. The lowest BCUT2D eigenvalue weighted by Crippen LogP contribution is -2.13.